The van der Waals surface area contributed by atoms with Gasteiger partial charge in [-0.05, 0) is 25.2 Å². The number of hydrogen-bond donors (Lipinski definition) is 0. The van der Waals surface area contributed by atoms with E-state index in [1.54, 1.807) is 0 Å². The number of halogens is 1. The fourth-order valence-corrected chi connectivity index (χ4v) is 3.17. The third-order valence-electron chi connectivity index (χ3n) is 2.93. The molecule has 0 N–H and O–H groups in total. The molecule has 0 aliphatic carbocycles. The van der Waals surface area contributed by atoms with Gasteiger partial charge >= 0.3 is 0 Å². The Morgan fingerprint density at radius 3 is 2.27 bits per heavy atom. The number of hydrogen-bond acceptors (Lipinski definition) is 0. The highest BCUT2D eigenvalue weighted by Gasteiger charge is 2.07. The summed E-state index contributed by atoms with van der Waals surface area (Å²) >= 11 is 2.61. The van der Waals surface area contributed by atoms with E-state index in [0.29, 0.717) is 0 Å². The van der Waals surface area contributed by atoms with E-state index in [-0.39, 0.29) is 0 Å². The van der Waals surface area contributed by atoms with Crippen molar-refractivity contribution in [1.29, 1.82) is 0 Å². The maximum absolute atomic E-state index is 3.85. The zero-order valence-corrected chi connectivity index (χ0v) is 12.6. The van der Waals surface area contributed by atoms with Crippen molar-refractivity contribution in [3.63, 3.8) is 0 Å². The molecule has 0 radical (unpaired) electrons. The molecule has 0 spiro atoms. The predicted octanol–water partition coefficient (Wildman–Crippen LogP) is 5.75. The molecule has 2 unspecified atom stereocenters. The average molecular weight is 322 g/mol. The van der Waals surface area contributed by atoms with Crippen LogP contribution in [0, 0.1) is 5.92 Å². The first kappa shape index (κ1) is 15.5. The van der Waals surface area contributed by atoms with Gasteiger partial charge in [-0.3, -0.25) is 0 Å². The Morgan fingerprint density at radius 2 is 1.73 bits per heavy atom. The van der Waals surface area contributed by atoms with E-state index in [1.165, 1.54) is 51.4 Å². The zero-order chi connectivity index (χ0) is 11.5. The van der Waals surface area contributed by atoms with E-state index in [0.717, 1.165) is 9.84 Å². The summed E-state index contributed by atoms with van der Waals surface area (Å²) in [6.45, 7) is 8.42. The van der Waals surface area contributed by atoms with Gasteiger partial charge in [-0.1, -0.05) is 74.6 Å². The van der Waals surface area contributed by atoms with Crippen molar-refractivity contribution in [2.75, 3.05) is 0 Å². The summed E-state index contributed by atoms with van der Waals surface area (Å²) in [5.41, 5.74) is 0. The molecule has 0 saturated carbocycles. The van der Waals surface area contributed by atoms with Crippen LogP contribution in [0.1, 0.15) is 65.2 Å². The second-order valence-electron chi connectivity index (χ2n) is 4.50. The van der Waals surface area contributed by atoms with Gasteiger partial charge in [0.2, 0.25) is 0 Å². The molecular formula is C14H27I. The van der Waals surface area contributed by atoms with Crippen molar-refractivity contribution >= 4 is 22.6 Å². The second kappa shape index (κ2) is 11.0. The van der Waals surface area contributed by atoms with E-state index >= 15 is 0 Å². The van der Waals surface area contributed by atoms with Crippen molar-refractivity contribution in [1.82, 2.24) is 0 Å². The number of alkyl halides is 1. The average Bonchev–Trinajstić information content (AvgIpc) is 2.19. The summed E-state index contributed by atoms with van der Waals surface area (Å²) in [4.78, 5) is 0. The van der Waals surface area contributed by atoms with Crippen LogP contribution in [0.5, 0.6) is 0 Å². The van der Waals surface area contributed by atoms with Crippen molar-refractivity contribution < 1.29 is 0 Å². The molecule has 0 amide bonds. The van der Waals surface area contributed by atoms with Crippen LogP contribution in [0.15, 0.2) is 12.7 Å². The number of allylic oxidation sites excluding steroid dienone is 1. The minimum Gasteiger partial charge on any atom is -0.103 e. The quantitative estimate of drug-likeness (QED) is 0.273. The van der Waals surface area contributed by atoms with Crippen LogP contribution in [0.25, 0.3) is 0 Å². The van der Waals surface area contributed by atoms with Gasteiger partial charge in [-0.25, -0.2) is 0 Å². The molecule has 0 saturated heterocycles. The second-order valence-corrected chi connectivity index (χ2v) is 6.26. The van der Waals surface area contributed by atoms with E-state index in [4.69, 9.17) is 0 Å². The first-order chi connectivity index (χ1) is 7.24. The molecule has 0 bridgehead atoms. The van der Waals surface area contributed by atoms with Gasteiger partial charge in [0.15, 0.2) is 0 Å². The lowest BCUT2D eigenvalue weighted by atomic mass is 9.93. The van der Waals surface area contributed by atoms with Gasteiger partial charge in [-0.15, -0.1) is 6.58 Å². The fraction of sp³-hybridized carbons (Fsp3) is 0.857. The lowest BCUT2D eigenvalue weighted by Crippen LogP contribution is -2.02. The Bertz CT molecular complexity index is 142. The fourth-order valence-electron chi connectivity index (χ4n) is 2.11. The molecule has 0 aliphatic heterocycles. The predicted molar refractivity (Wildman–Crippen MR) is 79.8 cm³/mol. The summed E-state index contributed by atoms with van der Waals surface area (Å²) in [5.74, 6) is 0.901. The lowest BCUT2D eigenvalue weighted by Gasteiger charge is -2.15. The molecule has 0 rings (SSSR count). The minimum atomic E-state index is 0.901. The molecule has 0 nitrogen and oxygen atoms in total. The van der Waals surface area contributed by atoms with E-state index in [9.17, 15) is 0 Å². The van der Waals surface area contributed by atoms with Crippen molar-refractivity contribution in [3.8, 4) is 0 Å². The van der Waals surface area contributed by atoms with Gasteiger partial charge in [0, 0.05) is 3.92 Å². The van der Waals surface area contributed by atoms with E-state index in [1.807, 2.05) is 0 Å². The standard InChI is InChI=1S/C14H27I/c1-4-8-13(9-5-2)11-7-12-14(15)10-6-3/h4,13-14H,1,5-12H2,2-3H3. The molecule has 0 aliphatic rings. The SMILES string of the molecule is C=CCC(CCC)CCCC(I)CCC. The molecule has 2 atom stereocenters. The Labute approximate surface area is 110 Å². The Hall–Kier alpha value is 0.470. The third-order valence-corrected chi connectivity index (χ3v) is 4.17. The highest BCUT2D eigenvalue weighted by atomic mass is 127. The van der Waals surface area contributed by atoms with Crippen molar-refractivity contribution in [2.45, 2.75) is 69.1 Å². The highest BCUT2D eigenvalue weighted by Crippen LogP contribution is 2.22. The van der Waals surface area contributed by atoms with Gasteiger partial charge in [0.05, 0.1) is 0 Å². The monoisotopic (exact) mass is 322 g/mol. The van der Waals surface area contributed by atoms with Gasteiger partial charge in [0.25, 0.3) is 0 Å². The van der Waals surface area contributed by atoms with Crippen LogP contribution in [0.2, 0.25) is 0 Å². The van der Waals surface area contributed by atoms with Crippen LogP contribution < -0.4 is 0 Å². The van der Waals surface area contributed by atoms with Crippen LogP contribution >= 0.6 is 22.6 Å². The molecule has 15 heavy (non-hydrogen) atoms. The van der Waals surface area contributed by atoms with Gasteiger partial charge in [0.1, 0.15) is 0 Å². The Morgan fingerprint density at radius 1 is 1.07 bits per heavy atom. The normalized spacial score (nSPS) is 14.9. The third kappa shape index (κ3) is 9.40. The van der Waals surface area contributed by atoms with Gasteiger partial charge in [-0.2, -0.15) is 0 Å². The van der Waals surface area contributed by atoms with Crippen LogP contribution in [0.4, 0.5) is 0 Å². The zero-order valence-electron chi connectivity index (χ0n) is 10.5. The Balaban J connectivity index is 3.55. The lowest BCUT2D eigenvalue weighted by molar-refractivity contribution is 0.427. The molecule has 1 heteroatoms. The van der Waals surface area contributed by atoms with Crippen LogP contribution in [0.3, 0.4) is 0 Å². The molecule has 0 heterocycles. The summed E-state index contributed by atoms with van der Waals surface area (Å²) in [6, 6.07) is 0. The molecular weight excluding hydrogens is 295 g/mol. The van der Waals surface area contributed by atoms with Crippen LogP contribution in [-0.4, -0.2) is 3.92 Å². The minimum absolute atomic E-state index is 0.901. The first-order valence-corrected chi connectivity index (χ1v) is 7.74. The largest absolute Gasteiger partial charge is 0.103 e. The smallest absolute Gasteiger partial charge is 0.0109 e. The number of rotatable bonds is 10. The van der Waals surface area contributed by atoms with Crippen LogP contribution in [-0.2, 0) is 0 Å². The van der Waals surface area contributed by atoms with Gasteiger partial charge < -0.3 is 0 Å². The molecule has 0 aromatic heterocycles. The van der Waals surface area contributed by atoms with E-state index in [2.05, 4.69) is 49.1 Å². The summed E-state index contributed by atoms with van der Waals surface area (Å²) < 4.78 is 0.901. The Kier molecular flexibility index (Phi) is 11.3. The molecule has 0 aromatic rings. The highest BCUT2D eigenvalue weighted by molar-refractivity contribution is 14.1. The summed E-state index contributed by atoms with van der Waals surface area (Å²) in [6.07, 6.45) is 13.0. The topological polar surface area (TPSA) is 0 Å². The molecule has 0 aromatic carbocycles. The maximum atomic E-state index is 3.85. The van der Waals surface area contributed by atoms with E-state index < -0.39 is 0 Å². The van der Waals surface area contributed by atoms with Crippen molar-refractivity contribution in [3.05, 3.63) is 12.7 Å². The molecule has 0 fully saturated rings. The summed E-state index contributed by atoms with van der Waals surface area (Å²) in [7, 11) is 0. The maximum Gasteiger partial charge on any atom is 0.0109 e. The first-order valence-electron chi connectivity index (χ1n) is 6.49. The van der Waals surface area contributed by atoms with Crippen molar-refractivity contribution in [2.24, 2.45) is 5.92 Å². The summed E-state index contributed by atoms with van der Waals surface area (Å²) in [5, 5.41) is 0. The molecule has 90 valence electrons.